The third-order valence-electron chi connectivity index (χ3n) is 4.64. The van der Waals surface area contributed by atoms with Crippen molar-refractivity contribution in [1.29, 1.82) is 0 Å². The Labute approximate surface area is 168 Å². The number of aryl methyl sites for hydroxylation is 1. The van der Waals surface area contributed by atoms with Crippen molar-refractivity contribution in [1.82, 2.24) is 15.3 Å². The zero-order valence-electron chi connectivity index (χ0n) is 16.4. The van der Waals surface area contributed by atoms with Crippen LogP contribution < -0.4 is 20.5 Å². The molecular weight excluding hydrogens is 379 g/mol. The van der Waals surface area contributed by atoms with Crippen molar-refractivity contribution >= 4 is 11.9 Å². The summed E-state index contributed by atoms with van der Waals surface area (Å²) in [6.07, 6.45) is 0.444. The first-order valence-electron chi connectivity index (χ1n) is 9.61. The molecule has 0 atom stereocenters. The Hall–Kier alpha value is -2.94. The van der Waals surface area contributed by atoms with Crippen LogP contribution in [-0.2, 0) is 16.0 Å². The van der Waals surface area contributed by atoms with Crippen molar-refractivity contribution in [2.45, 2.75) is 19.8 Å². The Bertz CT molecular complexity index is 896. The van der Waals surface area contributed by atoms with Gasteiger partial charge in [0.1, 0.15) is 6.61 Å². The van der Waals surface area contributed by atoms with Crippen LogP contribution in [0.5, 0.6) is 5.75 Å². The van der Waals surface area contributed by atoms with Gasteiger partial charge < -0.3 is 19.7 Å². The number of aromatic nitrogens is 2. The highest BCUT2D eigenvalue weighted by atomic mass is 19.1. The van der Waals surface area contributed by atoms with Gasteiger partial charge in [0, 0.05) is 30.8 Å². The lowest BCUT2D eigenvalue weighted by atomic mass is 10.1. The summed E-state index contributed by atoms with van der Waals surface area (Å²) < 4.78 is 24.0. The molecule has 8 nitrogen and oxygen atoms in total. The van der Waals surface area contributed by atoms with E-state index in [-0.39, 0.29) is 43.2 Å². The number of nitrogens with zero attached hydrogens (tertiary/aromatic N) is 2. The fraction of sp³-hybridized carbons (Fsp3) is 0.450. The summed E-state index contributed by atoms with van der Waals surface area (Å²) >= 11 is 0. The van der Waals surface area contributed by atoms with Crippen LogP contribution in [0.2, 0.25) is 0 Å². The molecule has 0 spiro atoms. The molecule has 2 heterocycles. The second-order valence-electron chi connectivity index (χ2n) is 6.68. The molecule has 1 aromatic heterocycles. The van der Waals surface area contributed by atoms with Crippen LogP contribution in [0, 0.1) is 12.7 Å². The summed E-state index contributed by atoms with van der Waals surface area (Å²) in [5.74, 6) is 0.0318. The third kappa shape index (κ3) is 5.77. The van der Waals surface area contributed by atoms with E-state index in [0.717, 1.165) is 0 Å². The molecule has 1 fully saturated rings. The molecule has 9 heteroatoms. The molecule has 2 aromatic rings. The molecule has 1 aromatic carbocycles. The van der Waals surface area contributed by atoms with E-state index in [0.29, 0.717) is 43.5 Å². The van der Waals surface area contributed by atoms with Crippen LogP contribution in [-0.4, -0.2) is 55.3 Å². The van der Waals surface area contributed by atoms with Crippen LogP contribution in [0.4, 0.5) is 10.3 Å². The summed E-state index contributed by atoms with van der Waals surface area (Å²) in [6, 6.07) is 6.09. The van der Waals surface area contributed by atoms with E-state index in [1.807, 2.05) is 4.90 Å². The van der Waals surface area contributed by atoms with Crippen molar-refractivity contribution in [2.75, 3.05) is 44.4 Å². The highest BCUT2D eigenvalue weighted by Gasteiger charge is 2.16. The van der Waals surface area contributed by atoms with Gasteiger partial charge in [0.2, 0.25) is 11.9 Å². The Morgan fingerprint density at radius 2 is 2.10 bits per heavy atom. The number of benzene rings is 1. The molecule has 0 aliphatic carbocycles. The minimum atomic E-state index is -0.443. The number of carbonyl (C=O) groups excluding carboxylic acids is 1. The molecule has 0 bridgehead atoms. The Morgan fingerprint density at radius 1 is 1.34 bits per heavy atom. The van der Waals surface area contributed by atoms with E-state index in [9.17, 15) is 14.0 Å². The maximum Gasteiger partial charge on any atom is 0.255 e. The fourth-order valence-electron chi connectivity index (χ4n) is 3.06. The monoisotopic (exact) mass is 404 g/mol. The average Bonchev–Trinajstić information content (AvgIpc) is 2.72. The lowest BCUT2D eigenvalue weighted by molar-refractivity contribution is -0.121. The van der Waals surface area contributed by atoms with Gasteiger partial charge in [-0.2, -0.15) is 0 Å². The number of amides is 1. The zero-order chi connectivity index (χ0) is 20.6. The molecule has 1 amide bonds. The summed E-state index contributed by atoms with van der Waals surface area (Å²) in [7, 11) is 0. The number of rotatable bonds is 8. The molecule has 156 valence electrons. The van der Waals surface area contributed by atoms with E-state index in [4.69, 9.17) is 9.47 Å². The van der Waals surface area contributed by atoms with Crippen molar-refractivity contribution in [3.8, 4) is 5.75 Å². The molecule has 0 radical (unpaired) electrons. The maximum absolute atomic E-state index is 13.4. The molecule has 1 saturated heterocycles. The molecule has 1 aliphatic heterocycles. The largest absolute Gasteiger partial charge is 0.489 e. The third-order valence-corrected chi connectivity index (χ3v) is 4.64. The SMILES string of the molecule is Cc1nc(N2CCOCC2)[nH]c(=O)c1CCC(=O)NCCOc1ccccc1F. The number of anilines is 1. The average molecular weight is 404 g/mol. The number of para-hydroxylation sites is 1. The number of ether oxygens (including phenoxy) is 2. The van der Waals surface area contributed by atoms with Gasteiger partial charge in [0.15, 0.2) is 11.6 Å². The summed E-state index contributed by atoms with van der Waals surface area (Å²) in [6.45, 7) is 4.74. The van der Waals surface area contributed by atoms with Crippen LogP contribution in [0.3, 0.4) is 0 Å². The van der Waals surface area contributed by atoms with E-state index in [1.54, 1.807) is 19.1 Å². The maximum atomic E-state index is 13.4. The van der Waals surface area contributed by atoms with Crippen molar-refractivity contribution in [3.63, 3.8) is 0 Å². The first-order chi connectivity index (χ1) is 14.0. The predicted molar refractivity (Wildman–Crippen MR) is 106 cm³/mol. The van der Waals surface area contributed by atoms with Crippen LogP contribution in [0.25, 0.3) is 0 Å². The molecule has 3 rings (SSSR count). The van der Waals surface area contributed by atoms with Gasteiger partial charge in [-0.1, -0.05) is 12.1 Å². The van der Waals surface area contributed by atoms with E-state index >= 15 is 0 Å². The van der Waals surface area contributed by atoms with Crippen LogP contribution in [0.1, 0.15) is 17.7 Å². The van der Waals surface area contributed by atoms with Gasteiger partial charge in [-0.3, -0.25) is 14.6 Å². The minimum Gasteiger partial charge on any atom is -0.489 e. The number of hydrogen-bond acceptors (Lipinski definition) is 6. The number of H-pyrrole nitrogens is 1. The molecule has 0 unspecified atom stereocenters. The van der Waals surface area contributed by atoms with Gasteiger partial charge in [0.25, 0.3) is 5.56 Å². The van der Waals surface area contributed by atoms with Gasteiger partial charge in [-0.05, 0) is 25.5 Å². The number of hydrogen-bond donors (Lipinski definition) is 2. The molecule has 0 saturated carbocycles. The molecule has 2 N–H and O–H groups in total. The number of aromatic amines is 1. The summed E-state index contributed by atoms with van der Waals surface area (Å²) in [5.41, 5.74) is 0.889. The number of carbonyl (C=O) groups is 1. The zero-order valence-corrected chi connectivity index (χ0v) is 16.4. The van der Waals surface area contributed by atoms with Gasteiger partial charge >= 0.3 is 0 Å². The van der Waals surface area contributed by atoms with E-state index in [2.05, 4.69) is 15.3 Å². The standard InChI is InChI=1S/C20H25FN4O4/c1-14-15(19(27)24-20(23-14)25-9-12-28-13-10-25)6-7-18(26)22-8-11-29-17-5-3-2-4-16(17)21/h2-5H,6-13H2,1H3,(H,22,26)(H,23,24,27). The quantitative estimate of drug-likeness (QED) is 0.642. The second-order valence-corrected chi connectivity index (χ2v) is 6.68. The molecule has 1 aliphatic rings. The number of halogens is 1. The second kappa shape index (κ2) is 10.0. The van der Waals surface area contributed by atoms with Crippen LogP contribution in [0.15, 0.2) is 29.1 Å². The topological polar surface area (TPSA) is 96.6 Å². The lowest BCUT2D eigenvalue weighted by Crippen LogP contribution is -2.38. The fourth-order valence-corrected chi connectivity index (χ4v) is 3.06. The normalized spacial score (nSPS) is 13.9. The van der Waals surface area contributed by atoms with Gasteiger partial charge in [-0.25, -0.2) is 9.37 Å². The molecular formula is C20H25FN4O4. The van der Waals surface area contributed by atoms with Gasteiger partial charge in [-0.15, -0.1) is 0 Å². The van der Waals surface area contributed by atoms with Crippen LogP contribution >= 0.6 is 0 Å². The smallest absolute Gasteiger partial charge is 0.255 e. The summed E-state index contributed by atoms with van der Waals surface area (Å²) in [4.78, 5) is 33.7. The van der Waals surface area contributed by atoms with Crippen molar-refractivity contribution in [3.05, 3.63) is 51.7 Å². The Balaban J connectivity index is 1.46. The van der Waals surface area contributed by atoms with E-state index in [1.165, 1.54) is 12.1 Å². The Kier molecular flexibility index (Phi) is 7.18. The highest BCUT2D eigenvalue weighted by Crippen LogP contribution is 2.15. The predicted octanol–water partition coefficient (Wildman–Crippen LogP) is 1.18. The first kappa shape index (κ1) is 20.8. The Morgan fingerprint density at radius 3 is 2.83 bits per heavy atom. The highest BCUT2D eigenvalue weighted by molar-refractivity contribution is 5.76. The van der Waals surface area contributed by atoms with E-state index < -0.39 is 5.82 Å². The summed E-state index contributed by atoms with van der Waals surface area (Å²) in [5, 5.41) is 2.70. The first-order valence-corrected chi connectivity index (χ1v) is 9.61. The lowest BCUT2D eigenvalue weighted by Gasteiger charge is -2.27. The van der Waals surface area contributed by atoms with Crippen molar-refractivity contribution < 1.29 is 18.7 Å². The van der Waals surface area contributed by atoms with Crippen molar-refractivity contribution in [2.24, 2.45) is 0 Å². The number of morpholine rings is 1. The molecule has 29 heavy (non-hydrogen) atoms. The number of nitrogens with one attached hydrogen (secondary N) is 2. The van der Waals surface area contributed by atoms with Gasteiger partial charge in [0.05, 0.1) is 19.8 Å². The minimum absolute atomic E-state index is 0.148.